The molecule has 6 nitrogen and oxygen atoms in total. The zero-order chi connectivity index (χ0) is 21.2. The Labute approximate surface area is 176 Å². The number of nitrogens with one attached hydrogen (secondary N) is 1. The van der Waals surface area contributed by atoms with E-state index >= 15 is 0 Å². The lowest BCUT2D eigenvalue weighted by molar-refractivity contribution is 0.0951. The number of hydrogen-bond acceptors (Lipinski definition) is 5. The highest BCUT2D eigenvalue weighted by Gasteiger charge is 2.16. The van der Waals surface area contributed by atoms with Gasteiger partial charge in [0.1, 0.15) is 17.2 Å². The van der Waals surface area contributed by atoms with Crippen LogP contribution in [-0.2, 0) is 6.54 Å². The van der Waals surface area contributed by atoms with Crippen molar-refractivity contribution in [2.75, 3.05) is 0 Å². The quantitative estimate of drug-likeness (QED) is 0.427. The molecule has 0 atom stereocenters. The SMILES string of the molecule is O=C(NCc1ccc(F)cc1)c1ccc2nc(-c3ccoc3)c(-c3ccoc3)nc2c1. The second kappa shape index (κ2) is 7.87. The zero-order valence-electron chi connectivity index (χ0n) is 16.2. The van der Waals surface area contributed by atoms with Crippen LogP contribution < -0.4 is 5.32 Å². The smallest absolute Gasteiger partial charge is 0.251 e. The highest BCUT2D eigenvalue weighted by molar-refractivity contribution is 5.98. The highest BCUT2D eigenvalue weighted by atomic mass is 19.1. The molecule has 1 N–H and O–H groups in total. The van der Waals surface area contributed by atoms with Crippen molar-refractivity contribution in [2.45, 2.75) is 6.54 Å². The maximum atomic E-state index is 13.0. The number of nitrogens with zero attached hydrogens (tertiary/aromatic N) is 2. The summed E-state index contributed by atoms with van der Waals surface area (Å²) < 4.78 is 23.5. The molecule has 0 spiro atoms. The van der Waals surface area contributed by atoms with Gasteiger partial charge in [-0.25, -0.2) is 14.4 Å². The van der Waals surface area contributed by atoms with E-state index in [9.17, 15) is 9.18 Å². The van der Waals surface area contributed by atoms with Crippen LogP contribution in [0.4, 0.5) is 4.39 Å². The molecule has 0 radical (unpaired) electrons. The first kappa shape index (κ1) is 18.7. The number of carbonyl (C=O) groups is 1. The van der Waals surface area contributed by atoms with E-state index in [2.05, 4.69) is 5.32 Å². The van der Waals surface area contributed by atoms with Crippen molar-refractivity contribution in [3.63, 3.8) is 0 Å². The third-order valence-electron chi connectivity index (χ3n) is 4.88. The van der Waals surface area contributed by atoms with Gasteiger partial charge in [0, 0.05) is 23.2 Å². The van der Waals surface area contributed by atoms with Crippen molar-refractivity contribution < 1.29 is 18.0 Å². The summed E-state index contributed by atoms with van der Waals surface area (Å²) in [4.78, 5) is 22.1. The Hall–Kier alpha value is -4.26. The Bertz CT molecular complexity index is 1350. The highest BCUT2D eigenvalue weighted by Crippen LogP contribution is 2.31. The number of aromatic nitrogens is 2. The van der Waals surface area contributed by atoms with E-state index in [0.29, 0.717) is 34.5 Å². The summed E-state index contributed by atoms with van der Waals surface area (Å²) in [6.45, 7) is 0.294. The molecule has 1 amide bonds. The van der Waals surface area contributed by atoms with Crippen LogP contribution in [0.1, 0.15) is 15.9 Å². The van der Waals surface area contributed by atoms with Crippen LogP contribution in [0.2, 0.25) is 0 Å². The largest absolute Gasteiger partial charge is 0.472 e. The topological polar surface area (TPSA) is 81.2 Å². The van der Waals surface area contributed by atoms with Crippen LogP contribution in [0, 0.1) is 5.82 Å². The van der Waals surface area contributed by atoms with Gasteiger partial charge in [0.05, 0.1) is 36.1 Å². The van der Waals surface area contributed by atoms with E-state index < -0.39 is 0 Å². The third kappa shape index (κ3) is 3.81. The third-order valence-corrected chi connectivity index (χ3v) is 4.88. The fourth-order valence-corrected chi connectivity index (χ4v) is 3.28. The summed E-state index contributed by atoms with van der Waals surface area (Å²) in [5.74, 6) is -0.566. The van der Waals surface area contributed by atoms with Crippen LogP contribution in [0.15, 0.2) is 88.5 Å². The van der Waals surface area contributed by atoms with Gasteiger partial charge in [-0.1, -0.05) is 12.1 Å². The summed E-state index contributed by atoms with van der Waals surface area (Å²) >= 11 is 0. The van der Waals surface area contributed by atoms with E-state index in [1.54, 1.807) is 61.5 Å². The van der Waals surface area contributed by atoms with Crippen LogP contribution in [0.5, 0.6) is 0 Å². The van der Waals surface area contributed by atoms with Gasteiger partial charge in [0.2, 0.25) is 0 Å². The van der Waals surface area contributed by atoms with Crippen molar-refractivity contribution in [2.24, 2.45) is 0 Å². The molecule has 7 heteroatoms. The summed E-state index contributed by atoms with van der Waals surface area (Å²) in [5, 5.41) is 2.84. The van der Waals surface area contributed by atoms with Gasteiger partial charge < -0.3 is 14.2 Å². The lowest BCUT2D eigenvalue weighted by Crippen LogP contribution is -2.22. The van der Waals surface area contributed by atoms with Gasteiger partial charge in [-0.2, -0.15) is 0 Å². The predicted molar refractivity (Wildman–Crippen MR) is 113 cm³/mol. The predicted octanol–water partition coefficient (Wildman–Crippen LogP) is 5.22. The number of rotatable bonds is 5. The number of benzene rings is 2. The molecule has 0 aliphatic rings. The molecule has 5 aromatic rings. The molecule has 3 heterocycles. The van der Waals surface area contributed by atoms with E-state index in [1.807, 2.05) is 6.07 Å². The van der Waals surface area contributed by atoms with Crippen LogP contribution in [0.25, 0.3) is 33.5 Å². The van der Waals surface area contributed by atoms with E-state index in [1.165, 1.54) is 12.1 Å². The van der Waals surface area contributed by atoms with Crippen molar-refractivity contribution in [1.82, 2.24) is 15.3 Å². The second-order valence-corrected chi connectivity index (χ2v) is 6.96. The molecule has 0 aliphatic heterocycles. The number of carbonyl (C=O) groups excluding carboxylic acids is 1. The van der Waals surface area contributed by atoms with Crippen molar-refractivity contribution in [1.29, 1.82) is 0 Å². The Morgan fingerprint density at radius 1 is 0.839 bits per heavy atom. The Morgan fingerprint density at radius 3 is 2.10 bits per heavy atom. The first-order valence-corrected chi connectivity index (χ1v) is 9.57. The average Bonchev–Trinajstić information content (AvgIpc) is 3.52. The van der Waals surface area contributed by atoms with Crippen LogP contribution in [-0.4, -0.2) is 15.9 Å². The Kier molecular flexibility index (Phi) is 4.76. The molecule has 152 valence electrons. The van der Waals surface area contributed by atoms with Crippen molar-refractivity contribution >= 4 is 16.9 Å². The molecule has 0 bridgehead atoms. The number of fused-ring (bicyclic) bond motifs is 1. The lowest BCUT2D eigenvalue weighted by Gasteiger charge is -2.09. The normalized spacial score (nSPS) is 11.0. The summed E-state index contributed by atoms with van der Waals surface area (Å²) in [5.41, 5.74) is 5.36. The molecule has 0 fully saturated rings. The van der Waals surface area contributed by atoms with E-state index in [0.717, 1.165) is 16.7 Å². The fourth-order valence-electron chi connectivity index (χ4n) is 3.28. The summed E-state index contributed by atoms with van der Waals surface area (Å²) in [6.07, 6.45) is 6.35. The van der Waals surface area contributed by atoms with Gasteiger partial charge in [-0.15, -0.1) is 0 Å². The molecule has 2 aromatic carbocycles. The molecule has 0 saturated carbocycles. The Morgan fingerprint density at radius 2 is 1.48 bits per heavy atom. The molecule has 5 rings (SSSR count). The second-order valence-electron chi connectivity index (χ2n) is 6.96. The van der Waals surface area contributed by atoms with Crippen LogP contribution in [0.3, 0.4) is 0 Å². The number of halogens is 1. The minimum absolute atomic E-state index is 0.253. The van der Waals surface area contributed by atoms with Crippen LogP contribution >= 0.6 is 0 Å². The van der Waals surface area contributed by atoms with Crippen molar-refractivity contribution in [3.8, 4) is 22.5 Å². The number of amides is 1. The minimum Gasteiger partial charge on any atom is -0.472 e. The average molecular weight is 413 g/mol. The zero-order valence-corrected chi connectivity index (χ0v) is 16.2. The van der Waals surface area contributed by atoms with Gasteiger partial charge in [-0.3, -0.25) is 4.79 Å². The monoisotopic (exact) mass is 413 g/mol. The van der Waals surface area contributed by atoms with Gasteiger partial charge >= 0.3 is 0 Å². The van der Waals surface area contributed by atoms with Crippen molar-refractivity contribution in [3.05, 3.63) is 96.6 Å². The minimum atomic E-state index is -0.314. The molecule has 31 heavy (non-hydrogen) atoms. The summed E-state index contributed by atoms with van der Waals surface area (Å²) in [6, 6.07) is 14.8. The molecule has 0 unspecified atom stereocenters. The van der Waals surface area contributed by atoms with E-state index in [-0.39, 0.29) is 11.7 Å². The molecular weight excluding hydrogens is 397 g/mol. The Balaban J connectivity index is 1.48. The molecular formula is C24H16FN3O3. The summed E-state index contributed by atoms with van der Waals surface area (Å²) in [7, 11) is 0. The maximum absolute atomic E-state index is 13.0. The lowest BCUT2D eigenvalue weighted by atomic mass is 10.1. The maximum Gasteiger partial charge on any atom is 0.251 e. The number of furan rings is 2. The standard InChI is InChI=1S/C24H16FN3O3/c25-19-4-1-15(2-5-19)12-26-24(29)16-3-6-20-21(11-16)28-23(18-8-10-31-14-18)22(27-20)17-7-9-30-13-17/h1-11,13-14H,12H2,(H,26,29). The first-order chi connectivity index (χ1) is 15.2. The fraction of sp³-hybridized carbons (Fsp3) is 0.0417. The van der Waals surface area contributed by atoms with Gasteiger partial charge in [0.15, 0.2) is 0 Å². The first-order valence-electron chi connectivity index (χ1n) is 9.57. The molecule has 0 aliphatic carbocycles. The molecule has 3 aromatic heterocycles. The van der Waals surface area contributed by atoms with Gasteiger partial charge in [-0.05, 0) is 48.0 Å². The molecule has 0 saturated heterocycles. The van der Waals surface area contributed by atoms with E-state index in [4.69, 9.17) is 18.8 Å². The number of hydrogen-bond donors (Lipinski definition) is 1. The van der Waals surface area contributed by atoms with Gasteiger partial charge in [0.25, 0.3) is 5.91 Å².